The van der Waals surface area contributed by atoms with Crippen molar-refractivity contribution in [3.63, 3.8) is 0 Å². The van der Waals surface area contributed by atoms with Gasteiger partial charge in [0, 0.05) is 24.4 Å². The minimum Gasteiger partial charge on any atom is -0.311 e. The summed E-state index contributed by atoms with van der Waals surface area (Å²) in [6.45, 7) is 5.84. The zero-order valence-corrected chi connectivity index (χ0v) is 13.5. The van der Waals surface area contributed by atoms with Crippen molar-refractivity contribution >= 4 is 10.9 Å². The number of nitrogens with one attached hydrogen (secondary N) is 1. The lowest BCUT2D eigenvalue weighted by molar-refractivity contribution is 0.224. The Labute approximate surface area is 127 Å². The molecule has 1 N–H and O–H groups in total. The number of aromatic nitrogens is 2. The van der Waals surface area contributed by atoms with Gasteiger partial charge >= 0.3 is 0 Å². The number of hydrogen-bond acceptors (Lipinski definition) is 2. The lowest BCUT2D eigenvalue weighted by Crippen LogP contribution is -2.51. The molecule has 0 amide bonds. The van der Waals surface area contributed by atoms with Gasteiger partial charge in [0.2, 0.25) is 0 Å². The quantitative estimate of drug-likeness (QED) is 0.932. The molecule has 1 aromatic heterocycles. The maximum absolute atomic E-state index is 4.82. The highest BCUT2D eigenvalue weighted by Gasteiger charge is 2.35. The largest absolute Gasteiger partial charge is 0.311 e. The van der Waals surface area contributed by atoms with E-state index >= 15 is 0 Å². The summed E-state index contributed by atoms with van der Waals surface area (Å²) in [6.07, 6.45) is 6.28. The van der Waals surface area contributed by atoms with Crippen LogP contribution in [0.3, 0.4) is 0 Å². The van der Waals surface area contributed by atoms with E-state index < -0.39 is 0 Å². The lowest BCUT2D eigenvalue weighted by Gasteiger charge is -2.37. The molecule has 1 atom stereocenters. The fourth-order valence-corrected chi connectivity index (χ4v) is 3.73. The van der Waals surface area contributed by atoms with Crippen molar-refractivity contribution in [2.45, 2.75) is 51.5 Å². The molecule has 1 unspecified atom stereocenters. The summed E-state index contributed by atoms with van der Waals surface area (Å²) in [7, 11) is 2.05. The maximum Gasteiger partial charge on any atom is 0.0721 e. The predicted octanol–water partition coefficient (Wildman–Crippen LogP) is 3.67. The molecule has 3 nitrogen and oxygen atoms in total. The van der Waals surface area contributed by atoms with Crippen LogP contribution in [0.4, 0.5) is 0 Å². The van der Waals surface area contributed by atoms with E-state index in [0.717, 1.165) is 13.0 Å². The van der Waals surface area contributed by atoms with Crippen LogP contribution in [0.15, 0.2) is 24.3 Å². The second-order valence-electron chi connectivity index (χ2n) is 6.81. The second-order valence-corrected chi connectivity index (χ2v) is 6.81. The van der Waals surface area contributed by atoms with Gasteiger partial charge in [0.1, 0.15) is 0 Å². The Kier molecular flexibility index (Phi) is 4.03. The second kappa shape index (κ2) is 5.80. The van der Waals surface area contributed by atoms with Gasteiger partial charge < -0.3 is 5.32 Å². The molecule has 1 saturated heterocycles. The summed E-state index contributed by atoms with van der Waals surface area (Å²) in [5.41, 5.74) is 2.68. The van der Waals surface area contributed by atoms with E-state index in [4.69, 9.17) is 5.10 Å². The zero-order chi connectivity index (χ0) is 14.9. The monoisotopic (exact) mass is 285 g/mol. The van der Waals surface area contributed by atoms with Crippen LogP contribution in [0.1, 0.15) is 45.2 Å². The molecule has 2 heterocycles. The molecule has 21 heavy (non-hydrogen) atoms. The molecular weight excluding hydrogens is 258 g/mol. The van der Waals surface area contributed by atoms with E-state index in [2.05, 4.69) is 50.5 Å². The molecule has 2 aromatic rings. The van der Waals surface area contributed by atoms with Crippen molar-refractivity contribution in [2.24, 2.45) is 13.0 Å². The van der Waals surface area contributed by atoms with E-state index in [0.29, 0.717) is 5.92 Å². The van der Waals surface area contributed by atoms with Crippen LogP contribution in [0.2, 0.25) is 0 Å². The molecule has 0 saturated carbocycles. The number of fused-ring (bicyclic) bond motifs is 1. The van der Waals surface area contributed by atoms with E-state index in [1.165, 1.54) is 42.3 Å². The summed E-state index contributed by atoms with van der Waals surface area (Å²) in [4.78, 5) is 0. The zero-order valence-electron chi connectivity index (χ0n) is 13.5. The third-order valence-corrected chi connectivity index (χ3v) is 5.20. The Hall–Kier alpha value is -1.35. The van der Waals surface area contributed by atoms with Crippen LogP contribution in [0.5, 0.6) is 0 Å². The SMILES string of the molecule is CC(C)C1(Cc2nn(C)c3ccccc23)CCCCCN1. The summed E-state index contributed by atoms with van der Waals surface area (Å²) in [6, 6.07) is 8.59. The van der Waals surface area contributed by atoms with Crippen molar-refractivity contribution in [1.29, 1.82) is 0 Å². The third-order valence-electron chi connectivity index (χ3n) is 5.20. The molecule has 0 spiro atoms. The van der Waals surface area contributed by atoms with Gasteiger partial charge in [-0.1, -0.05) is 44.9 Å². The molecule has 114 valence electrons. The van der Waals surface area contributed by atoms with Crippen molar-refractivity contribution in [3.8, 4) is 0 Å². The minimum absolute atomic E-state index is 0.202. The van der Waals surface area contributed by atoms with Crippen molar-refractivity contribution < 1.29 is 0 Å². The van der Waals surface area contributed by atoms with Gasteiger partial charge in [0.25, 0.3) is 0 Å². The van der Waals surface area contributed by atoms with Crippen LogP contribution >= 0.6 is 0 Å². The molecule has 0 aliphatic carbocycles. The number of benzene rings is 1. The summed E-state index contributed by atoms with van der Waals surface area (Å²) in [5, 5.41) is 10.00. The fourth-order valence-electron chi connectivity index (χ4n) is 3.73. The first-order valence-corrected chi connectivity index (χ1v) is 8.28. The average molecular weight is 285 g/mol. The summed E-state index contributed by atoms with van der Waals surface area (Å²) >= 11 is 0. The number of hydrogen-bond donors (Lipinski definition) is 1. The number of nitrogens with zero attached hydrogens (tertiary/aromatic N) is 2. The van der Waals surface area contributed by atoms with Gasteiger partial charge in [-0.05, 0) is 31.4 Å². The number of para-hydroxylation sites is 1. The number of aryl methyl sites for hydroxylation is 1. The lowest BCUT2D eigenvalue weighted by atomic mass is 9.78. The first-order chi connectivity index (χ1) is 10.1. The van der Waals surface area contributed by atoms with Gasteiger partial charge in [-0.2, -0.15) is 5.10 Å². The van der Waals surface area contributed by atoms with Crippen LogP contribution in [0.25, 0.3) is 10.9 Å². The Balaban J connectivity index is 1.98. The summed E-state index contributed by atoms with van der Waals surface area (Å²) in [5.74, 6) is 0.622. The van der Waals surface area contributed by atoms with Gasteiger partial charge in [-0.15, -0.1) is 0 Å². The Morgan fingerprint density at radius 1 is 1.24 bits per heavy atom. The standard InChI is InChI=1S/C18H27N3/c1-14(2)18(11-7-4-8-12-19-18)13-16-15-9-5-6-10-17(15)21(3)20-16/h5-6,9-10,14,19H,4,7-8,11-13H2,1-3H3. The average Bonchev–Trinajstić information content (AvgIpc) is 2.66. The van der Waals surface area contributed by atoms with Crippen LogP contribution in [-0.4, -0.2) is 21.9 Å². The van der Waals surface area contributed by atoms with Crippen LogP contribution in [0, 0.1) is 5.92 Å². The van der Waals surface area contributed by atoms with Gasteiger partial charge in [-0.3, -0.25) is 4.68 Å². The highest BCUT2D eigenvalue weighted by atomic mass is 15.3. The Morgan fingerprint density at radius 3 is 2.86 bits per heavy atom. The van der Waals surface area contributed by atoms with Crippen LogP contribution in [-0.2, 0) is 13.5 Å². The maximum atomic E-state index is 4.82. The van der Waals surface area contributed by atoms with Gasteiger partial charge in [0.15, 0.2) is 0 Å². The smallest absolute Gasteiger partial charge is 0.0721 e. The number of rotatable bonds is 3. The highest BCUT2D eigenvalue weighted by Crippen LogP contribution is 2.32. The molecule has 0 radical (unpaired) electrons. The third kappa shape index (κ3) is 2.71. The normalized spacial score (nSPS) is 23.6. The van der Waals surface area contributed by atoms with Crippen molar-refractivity contribution in [1.82, 2.24) is 15.1 Å². The van der Waals surface area contributed by atoms with Gasteiger partial charge in [-0.25, -0.2) is 0 Å². The van der Waals surface area contributed by atoms with E-state index in [1.807, 2.05) is 4.68 Å². The minimum atomic E-state index is 0.202. The molecule has 1 aliphatic heterocycles. The Bertz CT molecular complexity index is 604. The molecule has 0 bridgehead atoms. The molecule has 3 rings (SSSR count). The topological polar surface area (TPSA) is 29.9 Å². The van der Waals surface area contributed by atoms with Crippen LogP contribution < -0.4 is 5.32 Å². The van der Waals surface area contributed by atoms with Crippen molar-refractivity contribution in [3.05, 3.63) is 30.0 Å². The predicted molar refractivity (Wildman–Crippen MR) is 88.5 cm³/mol. The van der Waals surface area contributed by atoms with E-state index in [-0.39, 0.29) is 5.54 Å². The van der Waals surface area contributed by atoms with E-state index in [9.17, 15) is 0 Å². The molecular formula is C18H27N3. The molecule has 1 aliphatic rings. The summed E-state index contributed by atoms with van der Waals surface area (Å²) < 4.78 is 2.02. The van der Waals surface area contributed by atoms with Gasteiger partial charge in [0.05, 0.1) is 11.2 Å². The first kappa shape index (κ1) is 14.6. The first-order valence-electron chi connectivity index (χ1n) is 8.28. The fraction of sp³-hybridized carbons (Fsp3) is 0.611. The van der Waals surface area contributed by atoms with E-state index in [1.54, 1.807) is 0 Å². The molecule has 1 aromatic carbocycles. The van der Waals surface area contributed by atoms with Crippen molar-refractivity contribution in [2.75, 3.05) is 6.54 Å². The molecule has 1 fully saturated rings. The molecule has 3 heteroatoms. The highest BCUT2D eigenvalue weighted by molar-refractivity contribution is 5.82. The Morgan fingerprint density at radius 2 is 2.05 bits per heavy atom.